The molecule has 3 rings (SSSR count). The molecule has 2 N–H and O–H groups in total. The molecule has 0 saturated heterocycles. The summed E-state index contributed by atoms with van der Waals surface area (Å²) in [6.45, 7) is 0. The van der Waals surface area contributed by atoms with Gasteiger partial charge in [0.15, 0.2) is 17.3 Å². The third-order valence-electron chi connectivity index (χ3n) is 3.70. The van der Waals surface area contributed by atoms with E-state index in [2.05, 4.69) is 20.3 Å². The van der Waals surface area contributed by atoms with Crippen molar-refractivity contribution in [2.75, 3.05) is 32.1 Å². The summed E-state index contributed by atoms with van der Waals surface area (Å²) in [5.41, 5.74) is 0.693. The van der Waals surface area contributed by atoms with Gasteiger partial charge in [-0.25, -0.2) is 4.68 Å². The Morgan fingerprint density at radius 1 is 1.22 bits per heavy atom. The second-order valence-corrected chi connectivity index (χ2v) is 7.28. The van der Waals surface area contributed by atoms with Gasteiger partial charge in [0.25, 0.3) is 0 Å². The lowest BCUT2D eigenvalue weighted by Crippen LogP contribution is -2.14. The maximum Gasteiger partial charge on any atom is 0.237 e. The van der Waals surface area contributed by atoms with Crippen molar-refractivity contribution in [2.24, 2.45) is 0 Å². The number of nitrogens with two attached hydrogens (primary N) is 1. The molecule has 0 saturated carbocycles. The first kappa shape index (κ1) is 19.4. The normalized spacial score (nSPS) is 10.9. The number of benzene rings is 1. The fourth-order valence-corrected chi connectivity index (χ4v) is 3.48. The number of para-hydroxylation sites is 1. The van der Waals surface area contributed by atoms with Crippen molar-refractivity contribution >= 4 is 23.5 Å². The lowest BCUT2D eigenvalue weighted by molar-refractivity contribution is 0.355. The van der Waals surface area contributed by atoms with Crippen molar-refractivity contribution in [3.8, 4) is 22.9 Å². The molecule has 0 spiro atoms. The quantitative estimate of drug-likeness (QED) is 0.417. The molecule has 0 aliphatic rings. The van der Waals surface area contributed by atoms with Crippen molar-refractivity contribution in [1.82, 2.24) is 25.0 Å². The standard InChI is InChI=1S/C16H20N6O3S2/c1-23-11-6-4-5-10(14(11)24-2)15-18-13(25-21-15)9-27-16-20-19-12(22(16)17)7-8-26-3/h4-6H,7-9,17H2,1-3H3. The number of aromatic nitrogens is 5. The van der Waals surface area contributed by atoms with Crippen molar-refractivity contribution < 1.29 is 14.0 Å². The zero-order valence-corrected chi connectivity index (χ0v) is 16.8. The van der Waals surface area contributed by atoms with Crippen molar-refractivity contribution in [3.05, 3.63) is 29.9 Å². The monoisotopic (exact) mass is 408 g/mol. The third-order valence-corrected chi connectivity index (χ3v) is 5.24. The number of nitrogens with zero attached hydrogens (tertiary/aromatic N) is 5. The summed E-state index contributed by atoms with van der Waals surface area (Å²) in [4.78, 5) is 4.43. The molecule has 1 aromatic carbocycles. The Hall–Kier alpha value is -2.40. The summed E-state index contributed by atoms with van der Waals surface area (Å²) in [5.74, 6) is 10.2. The van der Waals surface area contributed by atoms with Crippen LogP contribution in [-0.4, -0.2) is 51.2 Å². The largest absolute Gasteiger partial charge is 0.493 e. The van der Waals surface area contributed by atoms with Crippen LogP contribution in [0.3, 0.4) is 0 Å². The maximum absolute atomic E-state index is 6.04. The van der Waals surface area contributed by atoms with Crippen LogP contribution in [0.15, 0.2) is 27.9 Å². The zero-order valence-electron chi connectivity index (χ0n) is 15.2. The molecule has 0 fully saturated rings. The molecule has 0 amide bonds. The van der Waals surface area contributed by atoms with Crippen LogP contribution < -0.4 is 15.3 Å². The molecule has 2 aromatic heterocycles. The van der Waals surface area contributed by atoms with Gasteiger partial charge in [-0.1, -0.05) is 23.0 Å². The second kappa shape index (κ2) is 9.00. The van der Waals surface area contributed by atoms with E-state index in [0.29, 0.717) is 39.7 Å². The minimum atomic E-state index is 0.427. The average molecular weight is 409 g/mol. The van der Waals surface area contributed by atoms with Crippen molar-refractivity contribution in [2.45, 2.75) is 17.3 Å². The molecule has 9 nitrogen and oxygen atoms in total. The number of methoxy groups -OCH3 is 2. The molecular formula is C16H20N6O3S2. The van der Waals surface area contributed by atoms with E-state index in [9.17, 15) is 0 Å². The number of aryl methyl sites for hydroxylation is 1. The van der Waals surface area contributed by atoms with Crippen LogP contribution in [0.25, 0.3) is 11.4 Å². The van der Waals surface area contributed by atoms with E-state index in [1.165, 1.54) is 16.4 Å². The van der Waals surface area contributed by atoms with E-state index in [4.69, 9.17) is 19.8 Å². The summed E-state index contributed by atoms with van der Waals surface area (Å²) < 4.78 is 17.6. The Morgan fingerprint density at radius 3 is 2.81 bits per heavy atom. The zero-order chi connectivity index (χ0) is 19.2. The highest BCUT2D eigenvalue weighted by Crippen LogP contribution is 2.36. The molecule has 27 heavy (non-hydrogen) atoms. The van der Waals surface area contributed by atoms with Crippen LogP contribution in [-0.2, 0) is 12.2 Å². The minimum Gasteiger partial charge on any atom is -0.493 e. The molecular weight excluding hydrogens is 388 g/mol. The van der Waals surface area contributed by atoms with Gasteiger partial charge in [-0.2, -0.15) is 16.7 Å². The molecule has 2 heterocycles. The predicted octanol–water partition coefficient (Wildman–Crippen LogP) is 2.26. The molecule has 3 aromatic rings. The van der Waals surface area contributed by atoms with Gasteiger partial charge in [0.2, 0.25) is 16.9 Å². The smallest absolute Gasteiger partial charge is 0.237 e. The fourth-order valence-electron chi connectivity index (χ4n) is 2.38. The van der Waals surface area contributed by atoms with Crippen molar-refractivity contribution in [1.29, 1.82) is 0 Å². The number of nitrogen functional groups attached to an aromatic ring is 1. The first-order valence-electron chi connectivity index (χ1n) is 8.03. The number of hydrogen-bond acceptors (Lipinski definition) is 10. The SMILES string of the molecule is COc1cccc(-c2noc(CSc3nnc(CCSC)n3N)n2)c1OC. The Morgan fingerprint density at radius 2 is 2.07 bits per heavy atom. The molecule has 0 atom stereocenters. The lowest BCUT2D eigenvalue weighted by Gasteiger charge is -2.09. The summed E-state index contributed by atoms with van der Waals surface area (Å²) in [5, 5.41) is 12.9. The Kier molecular flexibility index (Phi) is 6.45. The van der Waals surface area contributed by atoms with E-state index in [1.807, 2.05) is 24.5 Å². The summed E-state index contributed by atoms with van der Waals surface area (Å²) in [6.07, 6.45) is 2.81. The second-order valence-electron chi connectivity index (χ2n) is 5.35. The summed E-state index contributed by atoms with van der Waals surface area (Å²) in [7, 11) is 3.15. The van der Waals surface area contributed by atoms with E-state index in [-0.39, 0.29) is 0 Å². The molecule has 0 radical (unpaired) electrons. The number of rotatable bonds is 9. The van der Waals surface area contributed by atoms with Gasteiger partial charge in [0.1, 0.15) is 0 Å². The fraction of sp³-hybridized carbons (Fsp3) is 0.375. The molecule has 11 heteroatoms. The highest BCUT2D eigenvalue weighted by molar-refractivity contribution is 7.98. The van der Waals surface area contributed by atoms with Gasteiger partial charge in [0.05, 0.1) is 25.5 Å². The highest BCUT2D eigenvalue weighted by Gasteiger charge is 2.18. The van der Waals surface area contributed by atoms with Gasteiger partial charge in [-0.15, -0.1) is 10.2 Å². The minimum absolute atomic E-state index is 0.427. The highest BCUT2D eigenvalue weighted by atomic mass is 32.2. The Bertz CT molecular complexity index is 898. The first-order chi connectivity index (χ1) is 13.2. The van der Waals surface area contributed by atoms with Gasteiger partial charge in [-0.3, -0.25) is 0 Å². The van der Waals surface area contributed by atoms with E-state index in [0.717, 1.165) is 18.0 Å². The van der Waals surface area contributed by atoms with Crippen LogP contribution >= 0.6 is 23.5 Å². The van der Waals surface area contributed by atoms with Crippen molar-refractivity contribution in [3.63, 3.8) is 0 Å². The third kappa shape index (κ3) is 4.30. The number of thioether (sulfide) groups is 2. The maximum atomic E-state index is 6.04. The summed E-state index contributed by atoms with van der Waals surface area (Å²) >= 11 is 3.12. The Labute approximate surface area is 165 Å². The average Bonchev–Trinajstić information content (AvgIpc) is 3.30. The van der Waals surface area contributed by atoms with Crippen LogP contribution in [0.4, 0.5) is 0 Å². The van der Waals surface area contributed by atoms with E-state index >= 15 is 0 Å². The molecule has 0 bridgehead atoms. The predicted molar refractivity (Wildman–Crippen MR) is 105 cm³/mol. The first-order valence-corrected chi connectivity index (χ1v) is 10.4. The van der Waals surface area contributed by atoms with E-state index < -0.39 is 0 Å². The van der Waals surface area contributed by atoms with Gasteiger partial charge < -0.3 is 19.8 Å². The molecule has 144 valence electrons. The number of ether oxygens (including phenoxy) is 2. The Balaban J connectivity index is 1.72. The van der Waals surface area contributed by atoms with Gasteiger partial charge >= 0.3 is 0 Å². The molecule has 0 aliphatic heterocycles. The van der Waals surface area contributed by atoms with Crippen LogP contribution in [0.1, 0.15) is 11.7 Å². The lowest BCUT2D eigenvalue weighted by atomic mass is 10.2. The van der Waals surface area contributed by atoms with E-state index in [1.54, 1.807) is 26.0 Å². The van der Waals surface area contributed by atoms with Crippen LogP contribution in [0.5, 0.6) is 11.5 Å². The van der Waals surface area contributed by atoms with Gasteiger partial charge in [0, 0.05) is 12.2 Å². The molecule has 0 aliphatic carbocycles. The van der Waals surface area contributed by atoms with Crippen LogP contribution in [0.2, 0.25) is 0 Å². The molecule has 0 unspecified atom stereocenters. The topological polar surface area (TPSA) is 114 Å². The van der Waals surface area contributed by atoms with Gasteiger partial charge in [-0.05, 0) is 18.4 Å². The summed E-state index contributed by atoms with van der Waals surface area (Å²) in [6, 6.07) is 5.49. The van der Waals surface area contributed by atoms with Crippen LogP contribution in [0, 0.1) is 0 Å². The number of hydrogen-bond donors (Lipinski definition) is 1.